The van der Waals surface area contributed by atoms with Crippen molar-refractivity contribution in [2.45, 2.75) is 6.18 Å². The summed E-state index contributed by atoms with van der Waals surface area (Å²) in [4.78, 5) is 0. The molecule has 0 unspecified atom stereocenters. The average Bonchev–Trinajstić information content (AvgIpc) is 1.99. The molecule has 0 aliphatic rings. The highest BCUT2D eigenvalue weighted by molar-refractivity contribution is 7.80. The van der Waals surface area contributed by atoms with Crippen LogP contribution in [0.1, 0.15) is 5.56 Å². The largest absolute Gasteiger partial charge is 0.416 e. The van der Waals surface area contributed by atoms with Gasteiger partial charge in [0, 0.05) is 5.69 Å². The van der Waals surface area contributed by atoms with Gasteiger partial charge >= 0.3 is 6.18 Å². The summed E-state index contributed by atoms with van der Waals surface area (Å²) < 4.78 is 49.5. The van der Waals surface area contributed by atoms with E-state index < -0.39 is 17.6 Å². The monoisotopic (exact) mass is 238 g/mol. The van der Waals surface area contributed by atoms with E-state index in [-0.39, 0.29) is 10.8 Å². The third-order valence-electron chi connectivity index (χ3n) is 1.49. The number of thiocarbonyl (C=S) groups is 1. The first-order chi connectivity index (χ1) is 6.79. The van der Waals surface area contributed by atoms with E-state index in [1.165, 1.54) is 0 Å². The van der Waals surface area contributed by atoms with Crippen LogP contribution in [0.3, 0.4) is 0 Å². The van der Waals surface area contributed by atoms with E-state index in [4.69, 9.17) is 5.73 Å². The Morgan fingerprint density at radius 2 is 1.87 bits per heavy atom. The molecule has 0 saturated heterocycles. The van der Waals surface area contributed by atoms with Crippen LogP contribution in [0.25, 0.3) is 0 Å². The molecule has 82 valence electrons. The first-order valence-corrected chi connectivity index (χ1v) is 4.14. The number of nitrogens with two attached hydrogens (primary N) is 1. The smallest absolute Gasteiger partial charge is 0.376 e. The van der Waals surface area contributed by atoms with Gasteiger partial charge in [-0.25, -0.2) is 4.39 Å². The van der Waals surface area contributed by atoms with Gasteiger partial charge in [0.2, 0.25) is 0 Å². The normalized spacial score (nSPS) is 11.2. The lowest BCUT2D eigenvalue weighted by molar-refractivity contribution is -0.137. The van der Waals surface area contributed by atoms with Crippen molar-refractivity contribution in [1.82, 2.24) is 0 Å². The molecule has 0 saturated carbocycles. The van der Waals surface area contributed by atoms with Gasteiger partial charge in [0.05, 0.1) is 5.56 Å². The molecule has 0 spiro atoms. The Labute approximate surface area is 88.1 Å². The van der Waals surface area contributed by atoms with Crippen LogP contribution in [-0.4, -0.2) is 5.11 Å². The van der Waals surface area contributed by atoms with E-state index in [1.807, 2.05) is 0 Å². The van der Waals surface area contributed by atoms with Crippen LogP contribution in [0.2, 0.25) is 0 Å². The molecule has 1 rings (SSSR count). The highest BCUT2D eigenvalue weighted by Crippen LogP contribution is 2.31. The summed E-state index contributed by atoms with van der Waals surface area (Å²) in [6.45, 7) is 0. The molecule has 0 aromatic heterocycles. The second kappa shape index (κ2) is 4.01. The molecule has 1 aromatic rings. The second-order valence-electron chi connectivity index (χ2n) is 2.72. The number of rotatable bonds is 1. The summed E-state index contributed by atoms with van der Waals surface area (Å²) in [5, 5.41) is 2.00. The maximum atomic E-state index is 12.8. The molecule has 15 heavy (non-hydrogen) atoms. The third kappa shape index (κ3) is 3.35. The van der Waals surface area contributed by atoms with Crippen molar-refractivity contribution in [1.29, 1.82) is 0 Å². The lowest BCUT2D eigenvalue weighted by atomic mass is 10.2. The van der Waals surface area contributed by atoms with Gasteiger partial charge < -0.3 is 11.1 Å². The summed E-state index contributed by atoms with van der Waals surface area (Å²) in [6.07, 6.45) is -4.60. The first kappa shape index (κ1) is 11.7. The van der Waals surface area contributed by atoms with Gasteiger partial charge in [-0.15, -0.1) is 0 Å². The van der Waals surface area contributed by atoms with Crippen molar-refractivity contribution >= 4 is 23.0 Å². The predicted molar refractivity (Wildman–Crippen MR) is 51.8 cm³/mol. The number of halogens is 4. The first-order valence-electron chi connectivity index (χ1n) is 3.73. The number of hydrogen-bond acceptors (Lipinski definition) is 1. The van der Waals surface area contributed by atoms with Crippen LogP contribution in [0, 0.1) is 5.82 Å². The zero-order valence-corrected chi connectivity index (χ0v) is 8.05. The molecular formula is C8H6F4N2S. The fourth-order valence-electron chi connectivity index (χ4n) is 0.968. The Hall–Kier alpha value is -1.37. The van der Waals surface area contributed by atoms with E-state index in [0.717, 1.165) is 12.1 Å². The van der Waals surface area contributed by atoms with E-state index in [0.29, 0.717) is 6.07 Å². The third-order valence-corrected chi connectivity index (χ3v) is 1.59. The van der Waals surface area contributed by atoms with E-state index in [2.05, 4.69) is 17.5 Å². The lowest BCUT2D eigenvalue weighted by Crippen LogP contribution is -2.19. The Morgan fingerprint density at radius 1 is 1.27 bits per heavy atom. The lowest BCUT2D eigenvalue weighted by Gasteiger charge is -2.10. The minimum atomic E-state index is -4.60. The molecule has 0 heterocycles. The molecular weight excluding hydrogens is 232 g/mol. The number of anilines is 1. The topological polar surface area (TPSA) is 38.0 Å². The second-order valence-corrected chi connectivity index (χ2v) is 3.16. The number of nitrogens with one attached hydrogen (secondary N) is 1. The van der Waals surface area contributed by atoms with Crippen molar-refractivity contribution in [3.63, 3.8) is 0 Å². The predicted octanol–water partition coefficient (Wildman–Crippen LogP) is 2.50. The molecule has 0 amide bonds. The molecule has 2 nitrogen and oxygen atoms in total. The summed E-state index contributed by atoms with van der Waals surface area (Å²) in [6, 6.07) is 1.99. The summed E-state index contributed by atoms with van der Waals surface area (Å²) in [5.74, 6) is -1.01. The molecule has 0 aliphatic heterocycles. The van der Waals surface area contributed by atoms with Crippen molar-refractivity contribution < 1.29 is 17.6 Å². The maximum Gasteiger partial charge on any atom is 0.416 e. The Bertz CT molecular complexity index is 389. The fraction of sp³-hybridized carbons (Fsp3) is 0.125. The quantitative estimate of drug-likeness (QED) is 0.583. The molecule has 1 aromatic carbocycles. The standard InChI is InChI=1S/C8H6F4N2S/c9-5-1-4(8(10,11)12)2-6(3-5)14-7(13)15/h1-3H,(H3,13,14,15). The Kier molecular flexibility index (Phi) is 3.13. The number of hydrogen-bond donors (Lipinski definition) is 2. The van der Waals surface area contributed by atoms with Gasteiger partial charge in [-0.1, -0.05) is 0 Å². The van der Waals surface area contributed by atoms with Crippen LogP contribution in [0.5, 0.6) is 0 Å². The Balaban J connectivity index is 3.11. The highest BCUT2D eigenvalue weighted by Gasteiger charge is 2.31. The van der Waals surface area contributed by atoms with Gasteiger partial charge in [0.15, 0.2) is 5.11 Å². The molecule has 0 fully saturated rings. The summed E-state index contributed by atoms with van der Waals surface area (Å²) in [7, 11) is 0. The SMILES string of the molecule is NC(=S)Nc1cc(F)cc(C(F)(F)F)c1. The van der Waals surface area contributed by atoms with Crippen molar-refractivity contribution in [2.24, 2.45) is 5.73 Å². The van der Waals surface area contributed by atoms with Crippen molar-refractivity contribution in [3.05, 3.63) is 29.6 Å². The Morgan fingerprint density at radius 3 is 2.33 bits per heavy atom. The van der Waals surface area contributed by atoms with Crippen LogP contribution in [0.4, 0.5) is 23.2 Å². The fourth-order valence-corrected chi connectivity index (χ4v) is 1.09. The number of alkyl halides is 3. The van der Waals surface area contributed by atoms with Gasteiger partial charge in [-0.2, -0.15) is 13.2 Å². The zero-order chi connectivity index (χ0) is 11.6. The van der Waals surface area contributed by atoms with E-state index in [9.17, 15) is 17.6 Å². The average molecular weight is 238 g/mol. The molecule has 0 atom stereocenters. The summed E-state index contributed by atoms with van der Waals surface area (Å²) >= 11 is 4.42. The van der Waals surface area contributed by atoms with Crippen LogP contribution < -0.4 is 11.1 Å². The minimum absolute atomic E-state index is 0.130. The van der Waals surface area contributed by atoms with E-state index in [1.54, 1.807) is 0 Å². The molecule has 7 heteroatoms. The van der Waals surface area contributed by atoms with Gasteiger partial charge in [0.1, 0.15) is 5.82 Å². The van der Waals surface area contributed by atoms with Gasteiger partial charge in [-0.05, 0) is 30.4 Å². The van der Waals surface area contributed by atoms with Crippen LogP contribution in [0.15, 0.2) is 18.2 Å². The van der Waals surface area contributed by atoms with Gasteiger partial charge in [0.25, 0.3) is 0 Å². The van der Waals surface area contributed by atoms with E-state index >= 15 is 0 Å². The van der Waals surface area contributed by atoms with Crippen LogP contribution in [-0.2, 0) is 6.18 Å². The highest BCUT2D eigenvalue weighted by atomic mass is 32.1. The molecule has 3 N–H and O–H groups in total. The van der Waals surface area contributed by atoms with Crippen molar-refractivity contribution in [3.8, 4) is 0 Å². The molecule has 0 bridgehead atoms. The summed E-state index contributed by atoms with van der Waals surface area (Å²) in [5.41, 5.74) is 3.82. The number of benzene rings is 1. The van der Waals surface area contributed by atoms with Crippen molar-refractivity contribution in [2.75, 3.05) is 5.32 Å². The molecule has 0 aliphatic carbocycles. The molecule has 0 radical (unpaired) electrons. The van der Waals surface area contributed by atoms with Crippen LogP contribution >= 0.6 is 12.2 Å². The minimum Gasteiger partial charge on any atom is -0.376 e. The zero-order valence-electron chi connectivity index (χ0n) is 7.23. The maximum absolute atomic E-state index is 12.8. The van der Waals surface area contributed by atoms with Gasteiger partial charge in [-0.3, -0.25) is 0 Å².